The summed E-state index contributed by atoms with van der Waals surface area (Å²) < 4.78 is 23.1. The Morgan fingerprint density at radius 3 is 2.53 bits per heavy atom. The summed E-state index contributed by atoms with van der Waals surface area (Å²) in [5.41, 5.74) is -0.0515. The molecule has 1 atom stereocenters. The monoisotopic (exact) mass is 214 g/mol. The van der Waals surface area contributed by atoms with E-state index in [9.17, 15) is 9.18 Å². The number of carbonyl (C=O) groups is 1. The molecule has 1 aromatic rings. The summed E-state index contributed by atoms with van der Waals surface area (Å²) in [5.74, 6) is -1.14. The van der Waals surface area contributed by atoms with E-state index in [1.807, 2.05) is 0 Å². The van der Waals surface area contributed by atoms with Crippen LogP contribution < -0.4 is 9.47 Å². The SMILES string of the molecule is COc1cccc(C(F)C(=O)O)c1OC. The van der Waals surface area contributed by atoms with Crippen LogP contribution in [0, 0.1) is 0 Å². The third-order valence-electron chi connectivity index (χ3n) is 1.92. The third-order valence-corrected chi connectivity index (χ3v) is 1.92. The lowest BCUT2D eigenvalue weighted by molar-refractivity contribution is -0.143. The molecule has 0 saturated carbocycles. The molecule has 1 aromatic carbocycles. The van der Waals surface area contributed by atoms with Crippen LogP contribution in [0.5, 0.6) is 11.5 Å². The van der Waals surface area contributed by atoms with Crippen molar-refractivity contribution in [2.24, 2.45) is 0 Å². The number of aliphatic carboxylic acids is 1. The van der Waals surface area contributed by atoms with Crippen molar-refractivity contribution in [3.63, 3.8) is 0 Å². The molecule has 1 unspecified atom stereocenters. The molecule has 4 nitrogen and oxygen atoms in total. The molecule has 5 heteroatoms. The number of carboxylic acids is 1. The van der Waals surface area contributed by atoms with Crippen LogP contribution in [0.15, 0.2) is 18.2 Å². The largest absolute Gasteiger partial charge is 0.493 e. The average molecular weight is 214 g/mol. The number of hydrogen-bond donors (Lipinski definition) is 1. The molecule has 0 heterocycles. The van der Waals surface area contributed by atoms with Crippen molar-refractivity contribution in [2.75, 3.05) is 14.2 Å². The van der Waals surface area contributed by atoms with E-state index in [1.165, 1.54) is 26.4 Å². The number of carboxylic acid groups (broad SMARTS) is 1. The van der Waals surface area contributed by atoms with Gasteiger partial charge in [0, 0.05) is 5.56 Å². The fraction of sp³-hybridized carbons (Fsp3) is 0.300. The maximum absolute atomic E-state index is 13.3. The van der Waals surface area contributed by atoms with Crippen molar-refractivity contribution in [1.82, 2.24) is 0 Å². The maximum atomic E-state index is 13.3. The number of hydrogen-bond acceptors (Lipinski definition) is 3. The van der Waals surface area contributed by atoms with E-state index in [0.717, 1.165) is 0 Å². The lowest BCUT2D eigenvalue weighted by atomic mass is 10.1. The number of benzene rings is 1. The molecule has 0 fully saturated rings. The van der Waals surface area contributed by atoms with Gasteiger partial charge in [0.1, 0.15) is 0 Å². The minimum Gasteiger partial charge on any atom is -0.493 e. The molecule has 0 spiro atoms. The summed E-state index contributed by atoms with van der Waals surface area (Å²) in [6.07, 6.45) is -2.12. The number of alkyl halides is 1. The average Bonchev–Trinajstić information content (AvgIpc) is 2.26. The molecule has 0 aliphatic rings. The van der Waals surface area contributed by atoms with Gasteiger partial charge in [0.05, 0.1) is 14.2 Å². The molecule has 1 rings (SSSR count). The second-order valence-corrected chi connectivity index (χ2v) is 2.78. The predicted molar refractivity (Wildman–Crippen MR) is 51.0 cm³/mol. The normalized spacial score (nSPS) is 11.9. The molecule has 0 radical (unpaired) electrons. The maximum Gasteiger partial charge on any atom is 0.343 e. The van der Waals surface area contributed by atoms with Crippen LogP contribution in [0.3, 0.4) is 0 Å². The van der Waals surface area contributed by atoms with Crippen LogP contribution >= 0.6 is 0 Å². The smallest absolute Gasteiger partial charge is 0.343 e. The Kier molecular flexibility index (Phi) is 3.49. The highest BCUT2D eigenvalue weighted by Gasteiger charge is 2.24. The van der Waals surface area contributed by atoms with Gasteiger partial charge < -0.3 is 14.6 Å². The number of halogens is 1. The van der Waals surface area contributed by atoms with E-state index >= 15 is 0 Å². The lowest BCUT2D eigenvalue weighted by Crippen LogP contribution is -2.08. The minimum absolute atomic E-state index is 0.0515. The second-order valence-electron chi connectivity index (χ2n) is 2.78. The zero-order chi connectivity index (χ0) is 11.4. The molecule has 82 valence electrons. The van der Waals surface area contributed by atoms with Crippen LogP contribution in [-0.4, -0.2) is 25.3 Å². The second kappa shape index (κ2) is 4.63. The summed E-state index contributed by atoms with van der Waals surface area (Å²) in [6.45, 7) is 0. The Hall–Kier alpha value is -1.78. The Labute approximate surface area is 86.2 Å². The molecule has 1 N–H and O–H groups in total. The highest BCUT2D eigenvalue weighted by molar-refractivity contribution is 5.76. The molecule has 0 amide bonds. The topological polar surface area (TPSA) is 55.8 Å². The molecule has 15 heavy (non-hydrogen) atoms. The summed E-state index contributed by atoms with van der Waals surface area (Å²) >= 11 is 0. The molecule has 0 aromatic heterocycles. The van der Waals surface area contributed by atoms with Crippen molar-refractivity contribution in [3.05, 3.63) is 23.8 Å². The Bertz CT molecular complexity index is 364. The molecular formula is C10H11FO4. The van der Waals surface area contributed by atoms with Gasteiger partial charge in [0.15, 0.2) is 11.5 Å². The predicted octanol–water partition coefficient (Wildman–Crippen LogP) is 1.80. The van der Waals surface area contributed by atoms with Crippen molar-refractivity contribution < 1.29 is 23.8 Å². The lowest BCUT2D eigenvalue weighted by Gasteiger charge is -2.12. The van der Waals surface area contributed by atoms with E-state index in [1.54, 1.807) is 6.07 Å². The molecular weight excluding hydrogens is 203 g/mol. The van der Waals surface area contributed by atoms with Crippen LogP contribution in [0.4, 0.5) is 4.39 Å². The van der Waals surface area contributed by atoms with Gasteiger partial charge in [0.2, 0.25) is 6.17 Å². The molecule has 0 saturated heterocycles. The van der Waals surface area contributed by atoms with Gasteiger partial charge in [0.25, 0.3) is 0 Å². The minimum atomic E-state index is -2.12. The quantitative estimate of drug-likeness (QED) is 0.830. The summed E-state index contributed by atoms with van der Waals surface area (Å²) in [7, 11) is 2.73. The van der Waals surface area contributed by atoms with E-state index < -0.39 is 12.1 Å². The van der Waals surface area contributed by atoms with Gasteiger partial charge in [-0.15, -0.1) is 0 Å². The van der Waals surface area contributed by atoms with Gasteiger partial charge in [-0.25, -0.2) is 9.18 Å². The van der Waals surface area contributed by atoms with Crippen LogP contribution in [0.2, 0.25) is 0 Å². The van der Waals surface area contributed by atoms with Gasteiger partial charge in [-0.3, -0.25) is 0 Å². The van der Waals surface area contributed by atoms with Crippen molar-refractivity contribution in [3.8, 4) is 11.5 Å². The number of rotatable bonds is 4. The first-order chi connectivity index (χ1) is 7.11. The first-order valence-corrected chi connectivity index (χ1v) is 4.19. The summed E-state index contributed by atoms with van der Waals surface area (Å²) in [6, 6.07) is 4.42. The molecule has 0 aliphatic carbocycles. The zero-order valence-electron chi connectivity index (χ0n) is 8.36. The first-order valence-electron chi connectivity index (χ1n) is 4.19. The van der Waals surface area contributed by atoms with Gasteiger partial charge in [-0.1, -0.05) is 12.1 Å². The van der Waals surface area contributed by atoms with Crippen LogP contribution in [0.25, 0.3) is 0 Å². The van der Waals surface area contributed by atoms with Crippen molar-refractivity contribution in [1.29, 1.82) is 0 Å². The van der Waals surface area contributed by atoms with E-state index in [0.29, 0.717) is 5.75 Å². The van der Waals surface area contributed by atoms with Gasteiger partial charge >= 0.3 is 5.97 Å². The fourth-order valence-corrected chi connectivity index (χ4v) is 1.24. The standard InChI is InChI=1S/C10H11FO4/c1-14-7-5-3-4-6(9(7)15-2)8(11)10(12)13/h3-5,8H,1-2H3,(H,12,13). The Balaban J connectivity index is 3.22. The third kappa shape index (κ3) is 2.18. The summed E-state index contributed by atoms with van der Waals surface area (Å²) in [5, 5.41) is 8.55. The molecule has 0 aliphatic heterocycles. The highest BCUT2D eigenvalue weighted by atomic mass is 19.1. The van der Waals surface area contributed by atoms with Gasteiger partial charge in [-0.2, -0.15) is 0 Å². The van der Waals surface area contributed by atoms with Crippen LogP contribution in [0.1, 0.15) is 11.7 Å². The zero-order valence-corrected chi connectivity index (χ0v) is 8.36. The van der Waals surface area contributed by atoms with E-state index in [4.69, 9.17) is 14.6 Å². The number of ether oxygens (including phenoxy) is 2. The van der Waals surface area contributed by atoms with E-state index in [-0.39, 0.29) is 11.3 Å². The Morgan fingerprint density at radius 1 is 1.40 bits per heavy atom. The van der Waals surface area contributed by atoms with Crippen LogP contribution in [-0.2, 0) is 4.79 Å². The summed E-state index contributed by atoms with van der Waals surface area (Å²) in [4.78, 5) is 10.5. The van der Waals surface area contributed by atoms with Gasteiger partial charge in [-0.05, 0) is 6.07 Å². The first kappa shape index (κ1) is 11.3. The number of methoxy groups -OCH3 is 2. The van der Waals surface area contributed by atoms with Crippen molar-refractivity contribution >= 4 is 5.97 Å². The van der Waals surface area contributed by atoms with E-state index in [2.05, 4.69) is 0 Å². The number of para-hydroxylation sites is 1. The fourth-order valence-electron chi connectivity index (χ4n) is 1.24. The van der Waals surface area contributed by atoms with Crippen molar-refractivity contribution in [2.45, 2.75) is 6.17 Å². The Morgan fingerprint density at radius 2 is 2.07 bits per heavy atom. The molecule has 0 bridgehead atoms. The highest BCUT2D eigenvalue weighted by Crippen LogP contribution is 2.35.